The van der Waals surface area contributed by atoms with Crippen LogP contribution in [-0.4, -0.2) is 25.8 Å². The van der Waals surface area contributed by atoms with E-state index in [1.54, 1.807) is 6.07 Å². The van der Waals surface area contributed by atoms with Crippen molar-refractivity contribution in [3.63, 3.8) is 0 Å². The third-order valence-electron chi connectivity index (χ3n) is 3.43. The van der Waals surface area contributed by atoms with Crippen molar-refractivity contribution >= 4 is 0 Å². The predicted molar refractivity (Wildman–Crippen MR) is 71.2 cm³/mol. The van der Waals surface area contributed by atoms with E-state index < -0.39 is 0 Å². The summed E-state index contributed by atoms with van der Waals surface area (Å²) in [6.45, 7) is 2.77. The van der Waals surface area contributed by atoms with Crippen LogP contribution in [0.15, 0.2) is 24.3 Å². The highest BCUT2D eigenvalue weighted by atomic mass is 19.1. The van der Waals surface area contributed by atoms with Gasteiger partial charge in [-0.2, -0.15) is 0 Å². The Bertz CT molecular complexity index is 350. The fourth-order valence-corrected chi connectivity index (χ4v) is 2.38. The molecular weight excluding hydrogens is 229 g/mol. The lowest BCUT2D eigenvalue weighted by molar-refractivity contribution is 0.102. The quantitative estimate of drug-likeness (QED) is 0.752. The van der Waals surface area contributed by atoms with Crippen molar-refractivity contribution in [3.8, 4) is 0 Å². The van der Waals surface area contributed by atoms with Crippen LogP contribution in [0.2, 0.25) is 0 Å². The smallest absolute Gasteiger partial charge is 0.126 e. The van der Waals surface area contributed by atoms with Gasteiger partial charge in [-0.15, -0.1) is 0 Å². The van der Waals surface area contributed by atoms with E-state index in [0.717, 1.165) is 44.5 Å². The summed E-state index contributed by atoms with van der Waals surface area (Å²) in [5.41, 5.74) is 0.795. The standard InChI is InChI=1S/C15H22FNO/c16-15-8-2-1-5-13(15)9-11-17-10-3-6-14-7-4-12-18-14/h1-2,5,8,14,17H,3-4,6-7,9-12H2. The second kappa shape index (κ2) is 7.49. The molecule has 3 heteroatoms. The van der Waals surface area contributed by atoms with E-state index in [4.69, 9.17) is 4.74 Å². The van der Waals surface area contributed by atoms with E-state index >= 15 is 0 Å². The van der Waals surface area contributed by atoms with Crippen LogP contribution < -0.4 is 5.32 Å². The molecule has 100 valence electrons. The molecule has 0 radical (unpaired) electrons. The topological polar surface area (TPSA) is 21.3 Å². The molecule has 0 bridgehead atoms. The van der Waals surface area contributed by atoms with E-state index in [9.17, 15) is 4.39 Å². The zero-order valence-corrected chi connectivity index (χ0v) is 10.8. The van der Waals surface area contributed by atoms with E-state index in [1.165, 1.54) is 18.9 Å². The minimum Gasteiger partial charge on any atom is -0.378 e. The average molecular weight is 251 g/mol. The van der Waals surface area contributed by atoms with Crippen LogP contribution in [0.5, 0.6) is 0 Å². The van der Waals surface area contributed by atoms with Crippen molar-refractivity contribution in [2.45, 2.75) is 38.2 Å². The monoisotopic (exact) mass is 251 g/mol. The zero-order valence-electron chi connectivity index (χ0n) is 10.8. The fourth-order valence-electron chi connectivity index (χ4n) is 2.38. The minimum absolute atomic E-state index is 0.0985. The van der Waals surface area contributed by atoms with Gasteiger partial charge in [0.1, 0.15) is 5.82 Å². The SMILES string of the molecule is Fc1ccccc1CCNCCCC1CCCO1. The first-order chi connectivity index (χ1) is 8.86. The Balaban J connectivity index is 1.52. The molecule has 2 nitrogen and oxygen atoms in total. The van der Waals surface area contributed by atoms with Crippen molar-refractivity contribution in [1.82, 2.24) is 5.32 Å². The van der Waals surface area contributed by atoms with Crippen molar-refractivity contribution in [2.75, 3.05) is 19.7 Å². The maximum absolute atomic E-state index is 13.3. The highest BCUT2D eigenvalue weighted by molar-refractivity contribution is 5.17. The molecule has 1 heterocycles. The Morgan fingerprint density at radius 3 is 2.94 bits per heavy atom. The van der Waals surface area contributed by atoms with Gasteiger partial charge in [0.15, 0.2) is 0 Å². The summed E-state index contributed by atoms with van der Waals surface area (Å²) in [7, 11) is 0. The molecule has 0 aromatic heterocycles. The number of rotatable bonds is 7. The first-order valence-corrected chi connectivity index (χ1v) is 6.92. The highest BCUT2D eigenvalue weighted by Gasteiger charge is 2.14. The molecule has 0 spiro atoms. The van der Waals surface area contributed by atoms with Crippen LogP contribution in [0, 0.1) is 5.82 Å². The first kappa shape index (κ1) is 13.5. The number of nitrogens with one attached hydrogen (secondary N) is 1. The molecule has 1 unspecified atom stereocenters. The number of halogens is 1. The average Bonchev–Trinajstić information content (AvgIpc) is 2.89. The molecule has 1 saturated heterocycles. The molecule has 1 aromatic rings. The molecule has 1 atom stereocenters. The summed E-state index contributed by atoms with van der Waals surface area (Å²) in [5, 5.41) is 3.36. The molecule has 0 saturated carbocycles. The molecule has 1 N–H and O–H groups in total. The van der Waals surface area contributed by atoms with E-state index in [1.807, 2.05) is 12.1 Å². The van der Waals surface area contributed by atoms with Crippen molar-refractivity contribution < 1.29 is 9.13 Å². The van der Waals surface area contributed by atoms with Crippen LogP contribution in [0.4, 0.5) is 4.39 Å². The maximum Gasteiger partial charge on any atom is 0.126 e. The van der Waals surface area contributed by atoms with Crippen molar-refractivity contribution in [2.24, 2.45) is 0 Å². The third-order valence-corrected chi connectivity index (χ3v) is 3.43. The lowest BCUT2D eigenvalue weighted by atomic mass is 10.1. The second-order valence-corrected chi connectivity index (χ2v) is 4.87. The van der Waals surface area contributed by atoms with Gasteiger partial charge in [0, 0.05) is 6.61 Å². The van der Waals surface area contributed by atoms with Gasteiger partial charge in [-0.1, -0.05) is 18.2 Å². The number of hydrogen-bond donors (Lipinski definition) is 1. The van der Waals surface area contributed by atoms with Gasteiger partial charge >= 0.3 is 0 Å². The van der Waals surface area contributed by atoms with Gasteiger partial charge in [-0.25, -0.2) is 4.39 Å². The van der Waals surface area contributed by atoms with E-state index in [0.29, 0.717) is 6.10 Å². The molecule has 1 aromatic carbocycles. The van der Waals surface area contributed by atoms with Crippen LogP contribution in [0.1, 0.15) is 31.2 Å². The Kier molecular flexibility index (Phi) is 5.62. The summed E-state index contributed by atoms with van der Waals surface area (Å²) in [5.74, 6) is -0.0985. The van der Waals surface area contributed by atoms with Gasteiger partial charge < -0.3 is 10.1 Å². The Morgan fingerprint density at radius 2 is 2.17 bits per heavy atom. The molecule has 1 aliphatic rings. The van der Waals surface area contributed by atoms with Gasteiger partial charge in [0.25, 0.3) is 0 Å². The maximum atomic E-state index is 13.3. The molecule has 18 heavy (non-hydrogen) atoms. The lowest BCUT2D eigenvalue weighted by Crippen LogP contribution is -2.20. The predicted octanol–water partition coefficient (Wildman–Crippen LogP) is 2.92. The van der Waals surface area contributed by atoms with Gasteiger partial charge in [-0.3, -0.25) is 0 Å². The van der Waals surface area contributed by atoms with Crippen molar-refractivity contribution in [3.05, 3.63) is 35.6 Å². The summed E-state index contributed by atoms with van der Waals surface area (Å²) in [4.78, 5) is 0. The van der Waals surface area contributed by atoms with Crippen LogP contribution in [-0.2, 0) is 11.2 Å². The minimum atomic E-state index is -0.0985. The van der Waals surface area contributed by atoms with Crippen LogP contribution in [0.3, 0.4) is 0 Å². The van der Waals surface area contributed by atoms with Crippen molar-refractivity contribution in [1.29, 1.82) is 0 Å². The fraction of sp³-hybridized carbons (Fsp3) is 0.600. The third kappa shape index (κ3) is 4.39. The molecule has 1 aliphatic heterocycles. The summed E-state index contributed by atoms with van der Waals surface area (Å²) < 4.78 is 18.9. The molecule has 0 amide bonds. The van der Waals surface area contributed by atoms with Crippen LogP contribution >= 0.6 is 0 Å². The number of benzene rings is 1. The van der Waals surface area contributed by atoms with E-state index in [-0.39, 0.29) is 5.82 Å². The molecule has 2 rings (SSSR count). The van der Waals surface area contributed by atoms with Gasteiger partial charge in [-0.05, 0) is 56.8 Å². The number of hydrogen-bond acceptors (Lipinski definition) is 2. The Labute approximate surface area is 109 Å². The highest BCUT2D eigenvalue weighted by Crippen LogP contribution is 2.16. The Morgan fingerprint density at radius 1 is 1.28 bits per heavy atom. The second-order valence-electron chi connectivity index (χ2n) is 4.87. The Hall–Kier alpha value is -0.930. The summed E-state index contributed by atoms with van der Waals surface area (Å²) in [6.07, 6.45) is 5.96. The normalized spacial score (nSPS) is 19.3. The molecular formula is C15H22FNO. The number of ether oxygens (including phenoxy) is 1. The molecule has 1 fully saturated rings. The largest absolute Gasteiger partial charge is 0.378 e. The molecule has 0 aliphatic carbocycles. The van der Waals surface area contributed by atoms with E-state index in [2.05, 4.69) is 5.32 Å². The lowest BCUT2D eigenvalue weighted by Gasteiger charge is -2.09. The van der Waals surface area contributed by atoms with Gasteiger partial charge in [0.2, 0.25) is 0 Å². The summed E-state index contributed by atoms with van der Waals surface area (Å²) in [6, 6.07) is 6.99. The van der Waals surface area contributed by atoms with Gasteiger partial charge in [0.05, 0.1) is 6.10 Å². The van der Waals surface area contributed by atoms with Crippen LogP contribution in [0.25, 0.3) is 0 Å². The summed E-state index contributed by atoms with van der Waals surface area (Å²) >= 11 is 0. The first-order valence-electron chi connectivity index (χ1n) is 6.92. The zero-order chi connectivity index (χ0) is 12.6.